The summed E-state index contributed by atoms with van der Waals surface area (Å²) < 4.78 is 8.79. The van der Waals surface area contributed by atoms with Crippen LogP contribution < -0.4 is 10.1 Å². The van der Waals surface area contributed by atoms with Gasteiger partial charge in [-0.3, -0.25) is 4.79 Å². The smallest absolute Gasteiger partial charge is 0.251 e. The van der Waals surface area contributed by atoms with E-state index in [9.17, 15) is 4.79 Å². The highest BCUT2D eigenvalue weighted by Crippen LogP contribution is 2.22. The van der Waals surface area contributed by atoms with Crippen LogP contribution in [0.5, 0.6) is 5.75 Å². The summed E-state index contributed by atoms with van der Waals surface area (Å²) in [5, 5.41) is 2.84. The van der Waals surface area contributed by atoms with Crippen molar-refractivity contribution in [2.45, 2.75) is 13.0 Å². The quantitative estimate of drug-likeness (QED) is 0.769. The summed E-state index contributed by atoms with van der Waals surface area (Å²) in [6, 6.07) is 9.50. The zero-order valence-corrected chi connectivity index (χ0v) is 13.8. The number of aromatic nitrogens is 2. The molecule has 2 aromatic heterocycles. The summed E-state index contributed by atoms with van der Waals surface area (Å²) in [6.45, 7) is 1.07. The molecule has 3 heterocycles. The fourth-order valence-corrected chi connectivity index (χ4v) is 3.09. The van der Waals surface area contributed by atoms with Gasteiger partial charge in [0.15, 0.2) is 0 Å². The Kier molecular flexibility index (Phi) is 3.53. The van der Waals surface area contributed by atoms with Crippen molar-refractivity contribution >= 4 is 27.5 Å². The summed E-state index contributed by atoms with van der Waals surface area (Å²) in [7, 11) is 0. The minimum atomic E-state index is -0.0104. The van der Waals surface area contributed by atoms with Crippen LogP contribution in [-0.4, -0.2) is 21.8 Å². The molecule has 1 aliphatic rings. The molecule has 0 radical (unpaired) electrons. The molecule has 0 fully saturated rings. The lowest BCUT2D eigenvalue weighted by molar-refractivity contribution is 0.0946. The number of amides is 1. The Balaban J connectivity index is 1.52. The lowest BCUT2D eigenvalue weighted by Gasteiger charge is -2.17. The highest BCUT2D eigenvalue weighted by molar-refractivity contribution is 9.10. The number of nitrogens with zero attached hydrogens (tertiary/aromatic N) is 2. The topological polar surface area (TPSA) is 55.6 Å². The van der Waals surface area contributed by atoms with Crippen LogP contribution in [0, 0.1) is 0 Å². The molecule has 0 unspecified atom stereocenters. The van der Waals surface area contributed by atoms with E-state index >= 15 is 0 Å². The van der Waals surface area contributed by atoms with Gasteiger partial charge in [0.05, 0.1) is 5.69 Å². The molecular formula is C17H14BrN3O2. The van der Waals surface area contributed by atoms with Crippen molar-refractivity contribution in [1.82, 2.24) is 14.7 Å². The third-order valence-electron chi connectivity index (χ3n) is 3.85. The van der Waals surface area contributed by atoms with E-state index < -0.39 is 0 Å². The number of imidazole rings is 1. The molecular weight excluding hydrogens is 358 g/mol. The van der Waals surface area contributed by atoms with Gasteiger partial charge in [0.1, 0.15) is 18.0 Å². The van der Waals surface area contributed by atoms with Crippen LogP contribution in [0.15, 0.2) is 47.2 Å². The second kappa shape index (κ2) is 5.70. The predicted octanol–water partition coefficient (Wildman–Crippen LogP) is 2.96. The molecule has 0 bridgehead atoms. The maximum absolute atomic E-state index is 11.7. The zero-order chi connectivity index (χ0) is 15.8. The number of benzene rings is 1. The molecule has 0 saturated heterocycles. The summed E-state index contributed by atoms with van der Waals surface area (Å²) in [5.41, 5.74) is 3.51. The molecule has 1 aromatic carbocycles. The van der Waals surface area contributed by atoms with Gasteiger partial charge in [0.25, 0.3) is 5.91 Å². The van der Waals surface area contributed by atoms with Gasteiger partial charge in [-0.1, -0.05) is 0 Å². The highest BCUT2D eigenvalue weighted by atomic mass is 79.9. The second-order valence-corrected chi connectivity index (χ2v) is 6.37. The lowest BCUT2D eigenvalue weighted by atomic mass is 10.0. The third-order valence-corrected chi connectivity index (χ3v) is 4.32. The fourth-order valence-electron chi connectivity index (χ4n) is 2.74. The number of ether oxygens (including phenoxy) is 1. The molecule has 5 nitrogen and oxygen atoms in total. The standard InChI is InChI=1S/C17H14BrN3O2/c18-12-1-4-16-20-13(9-21(16)8-12)10-23-14-2-3-15-11(7-14)5-6-19-17(15)22/h1-4,7-9H,5-6,10H2,(H,19,22). The summed E-state index contributed by atoms with van der Waals surface area (Å²) in [5.74, 6) is 0.750. The van der Waals surface area contributed by atoms with E-state index in [2.05, 4.69) is 26.2 Å². The molecule has 1 aliphatic heterocycles. The Morgan fingerprint density at radius 2 is 2.17 bits per heavy atom. The fraction of sp³-hybridized carbons (Fsp3) is 0.176. The molecule has 0 saturated carbocycles. The van der Waals surface area contributed by atoms with Crippen LogP contribution in [-0.2, 0) is 13.0 Å². The number of rotatable bonds is 3. The van der Waals surface area contributed by atoms with E-state index in [0.717, 1.165) is 39.1 Å². The van der Waals surface area contributed by atoms with Crippen LogP contribution in [0.2, 0.25) is 0 Å². The van der Waals surface area contributed by atoms with Gasteiger partial charge >= 0.3 is 0 Å². The Hall–Kier alpha value is -2.34. The van der Waals surface area contributed by atoms with Gasteiger partial charge < -0.3 is 14.5 Å². The summed E-state index contributed by atoms with van der Waals surface area (Å²) >= 11 is 3.44. The minimum absolute atomic E-state index is 0.0104. The Morgan fingerprint density at radius 1 is 1.26 bits per heavy atom. The average molecular weight is 372 g/mol. The van der Waals surface area contributed by atoms with Gasteiger partial charge in [-0.25, -0.2) is 4.98 Å². The molecule has 3 aromatic rings. The van der Waals surface area contributed by atoms with Crippen molar-refractivity contribution in [3.63, 3.8) is 0 Å². The van der Waals surface area contributed by atoms with E-state index in [0.29, 0.717) is 13.2 Å². The van der Waals surface area contributed by atoms with E-state index in [1.54, 1.807) is 0 Å². The van der Waals surface area contributed by atoms with Crippen molar-refractivity contribution in [3.8, 4) is 5.75 Å². The minimum Gasteiger partial charge on any atom is -0.487 e. The van der Waals surface area contributed by atoms with Crippen molar-refractivity contribution in [1.29, 1.82) is 0 Å². The molecule has 1 amide bonds. The first kappa shape index (κ1) is 14.3. The summed E-state index contributed by atoms with van der Waals surface area (Å²) in [4.78, 5) is 16.3. The molecule has 0 spiro atoms. The van der Waals surface area contributed by atoms with E-state index in [4.69, 9.17) is 4.74 Å². The molecule has 1 N–H and O–H groups in total. The third kappa shape index (κ3) is 2.82. The zero-order valence-electron chi connectivity index (χ0n) is 12.3. The van der Waals surface area contributed by atoms with Crippen LogP contribution >= 0.6 is 15.9 Å². The largest absolute Gasteiger partial charge is 0.487 e. The van der Waals surface area contributed by atoms with E-state index in [1.807, 2.05) is 47.1 Å². The second-order valence-electron chi connectivity index (χ2n) is 5.46. The van der Waals surface area contributed by atoms with Crippen LogP contribution in [0.4, 0.5) is 0 Å². The molecule has 4 rings (SSSR count). The van der Waals surface area contributed by atoms with Gasteiger partial charge in [0.2, 0.25) is 0 Å². The van der Waals surface area contributed by atoms with E-state index in [1.165, 1.54) is 0 Å². The number of nitrogens with one attached hydrogen (secondary N) is 1. The first-order chi connectivity index (χ1) is 11.2. The highest BCUT2D eigenvalue weighted by Gasteiger charge is 2.16. The van der Waals surface area contributed by atoms with Crippen LogP contribution in [0.3, 0.4) is 0 Å². The predicted molar refractivity (Wildman–Crippen MR) is 89.7 cm³/mol. The molecule has 23 heavy (non-hydrogen) atoms. The number of carbonyl (C=O) groups is 1. The summed E-state index contributed by atoms with van der Waals surface area (Å²) in [6.07, 6.45) is 4.75. The number of halogens is 1. The van der Waals surface area contributed by atoms with Crippen molar-refractivity contribution in [2.75, 3.05) is 6.54 Å². The van der Waals surface area contributed by atoms with Crippen LogP contribution in [0.25, 0.3) is 5.65 Å². The number of carbonyl (C=O) groups excluding carboxylic acids is 1. The Morgan fingerprint density at radius 3 is 3.09 bits per heavy atom. The van der Waals surface area contributed by atoms with Crippen LogP contribution in [0.1, 0.15) is 21.6 Å². The number of fused-ring (bicyclic) bond motifs is 2. The Bertz CT molecular complexity index is 904. The first-order valence-electron chi connectivity index (χ1n) is 7.36. The number of pyridine rings is 1. The monoisotopic (exact) mass is 371 g/mol. The normalized spacial score (nSPS) is 13.7. The van der Waals surface area contributed by atoms with Gasteiger partial charge in [-0.15, -0.1) is 0 Å². The van der Waals surface area contributed by atoms with Crippen molar-refractivity contribution in [3.05, 3.63) is 64.0 Å². The molecule has 0 aliphatic carbocycles. The SMILES string of the molecule is O=C1NCCc2cc(OCc3cn4cc(Br)ccc4n3)ccc21. The molecule has 6 heteroatoms. The van der Waals surface area contributed by atoms with Gasteiger partial charge in [-0.2, -0.15) is 0 Å². The first-order valence-corrected chi connectivity index (χ1v) is 8.15. The molecule has 116 valence electrons. The Labute approximate surface area is 141 Å². The molecule has 0 atom stereocenters. The number of hydrogen-bond donors (Lipinski definition) is 1. The maximum atomic E-state index is 11.7. The van der Waals surface area contributed by atoms with E-state index in [-0.39, 0.29) is 5.91 Å². The maximum Gasteiger partial charge on any atom is 0.251 e. The van der Waals surface area contributed by atoms with Gasteiger partial charge in [0, 0.05) is 29.0 Å². The van der Waals surface area contributed by atoms with Crippen molar-refractivity contribution < 1.29 is 9.53 Å². The number of hydrogen-bond acceptors (Lipinski definition) is 3. The lowest BCUT2D eigenvalue weighted by Crippen LogP contribution is -2.31. The van der Waals surface area contributed by atoms with Crippen molar-refractivity contribution in [2.24, 2.45) is 0 Å². The average Bonchev–Trinajstić information content (AvgIpc) is 2.95. The van der Waals surface area contributed by atoms with Gasteiger partial charge in [-0.05, 0) is 58.2 Å².